The third kappa shape index (κ3) is 5.71. The van der Waals surface area contributed by atoms with Crippen molar-refractivity contribution in [1.29, 1.82) is 0 Å². The Morgan fingerprint density at radius 2 is 1.67 bits per heavy atom. The Hall–Kier alpha value is -1.07. The maximum Gasteiger partial charge on any atom is 0.152 e. The van der Waals surface area contributed by atoms with E-state index < -0.39 is 9.84 Å². The van der Waals surface area contributed by atoms with Crippen LogP contribution >= 0.6 is 0 Å². The van der Waals surface area contributed by atoms with Crippen LogP contribution in [0.4, 0.5) is 5.69 Å². The summed E-state index contributed by atoms with van der Waals surface area (Å²) < 4.78 is 24.2. The highest BCUT2D eigenvalue weighted by Gasteiger charge is 2.27. The molecule has 1 heterocycles. The third-order valence-electron chi connectivity index (χ3n) is 6.52. The molecule has 0 radical (unpaired) electrons. The lowest BCUT2D eigenvalue weighted by Gasteiger charge is -2.29. The summed E-state index contributed by atoms with van der Waals surface area (Å²) in [4.78, 5) is 2.38. The van der Waals surface area contributed by atoms with Crippen molar-refractivity contribution in [2.24, 2.45) is 17.6 Å². The van der Waals surface area contributed by atoms with Gasteiger partial charge in [-0.15, -0.1) is 0 Å². The molecule has 1 aromatic carbocycles. The average Bonchev–Trinajstić information content (AvgIpc) is 3.07. The summed E-state index contributed by atoms with van der Waals surface area (Å²) >= 11 is 0. The van der Waals surface area contributed by atoms with E-state index in [2.05, 4.69) is 29.2 Å². The Balaban J connectivity index is 1.41. The quantitative estimate of drug-likeness (QED) is 0.767. The van der Waals surface area contributed by atoms with E-state index in [4.69, 9.17) is 5.73 Å². The second-order valence-electron chi connectivity index (χ2n) is 8.96. The van der Waals surface area contributed by atoms with E-state index in [0.29, 0.717) is 17.7 Å². The Bertz CT molecular complexity index is 692. The van der Waals surface area contributed by atoms with Crippen molar-refractivity contribution in [1.82, 2.24) is 0 Å². The Labute approximate surface area is 165 Å². The predicted molar refractivity (Wildman–Crippen MR) is 114 cm³/mol. The van der Waals surface area contributed by atoms with Gasteiger partial charge in [0.1, 0.15) is 0 Å². The summed E-state index contributed by atoms with van der Waals surface area (Å²) in [5.74, 6) is 1.51. The van der Waals surface area contributed by atoms with Crippen LogP contribution in [0.25, 0.3) is 0 Å². The van der Waals surface area contributed by atoms with Crippen LogP contribution in [-0.2, 0) is 16.3 Å². The predicted octanol–water partition coefficient (Wildman–Crippen LogP) is 3.79. The van der Waals surface area contributed by atoms with E-state index in [9.17, 15) is 8.42 Å². The van der Waals surface area contributed by atoms with E-state index in [1.54, 1.807) is 13.8 Å². The van der Waals surface area contributed by atoms with Crippen molar-refractivity contribution in [3.63, 3.8) is 0 Å². The maximum atomic E-state index is 12.1. The number of hydrogen-bond acceptors (Lipinski definition) is 4. The normalized spacial score (nSPS) is 26.7. The molecule has 2 fully saturated rings. The molecule has 27 heavy (non-hydrogen) atoms. The van der Waals surface area contributed by atoms with Gasteiger partial charge in [0.25, 0.3) is 0 Å². The fraction of sp³-hybridized carbons (Fsp3) is 0.727. The molecule has 5 heteroatoms. The van der Waals surface area contributed by atoms with E-state index in [1.807, 2.05) is 0 Å². The molecule has 0 bridgehead atoms. The van der Waals surface area contributed by atoms with Gasteiger partial charge >= 0.3 is 0 Å². The van der Waals surface area contributed by atoms with Crippen molar-refractivity contribution >= 4 is 15.5 Å². The van der Waals surface area contributed by atoms with Gasteiger partial charge in [-0.2, -0.15) is 0 Å². The maximum absolute atomic E-state index is 12.1. The highest BCUT2D eigenvalue weighted by molar-refractivity contribution is 7.91. The third-order valence-corrected chi connectivity index (χ3v) is 8.89. The van der Waals surface area contributed by atoms with Gasteiger partial charge in [-0.05, 0) is 75.5 Å². The highest BCUT2D eigenvalue weighted by atomic mass is 32.2. The van der Waals surface area contributed by atoms with Crippen molar-refractivity contribution < 1.29 is 8.42 Å². The Morgan fingerprint density at radius 1 is 1.04 bits per heavy atom. The van der Waals surface area contributed by atoms with Crippen molar-refractivity contribution in [3.05, 3.63) is 29.8 Å². The van der Waals surface area contributed by atoms with Crippen LogP contribution in [0.3, 0.4) is 0 Å². The molecule has 1 aromatic rings. The summed E-state index contributed by atoms with van der Waals surface area (Å²) in [5, 5.41) is -0.241. The van der Waals surface area contributed by atoms with Gasteiger partial charge in [0.05, 0.1) is 11.0 Å². The van der Waals surface area contributed by atoms with E-state index in [1.165, 1.54) is 30.5 Å². The van der Waals surface area contributed by atoms with Gasteiger partial charge < -0.3 is 10.6 Å². The van der Waals surface area contributed by atoms with Gasteiger partial charge in [0, 0.05) is 24.8 Å². The van der Waals surface area contributed by atoms with E-state index in [-0.39, 0.29) is 5.25 Å². The van der Waals surface area contributed by atoms with Crippen molar-refractivity contribution in [2.75, 3.05) is 23.7 Å². The zero-order valence-electron chi connectivity index (χ0n) is 16.9. The largest absolute Gasteiger partial charge is 0.370 e. The molecule has 1 saturated heterocycles. The van der Waals surface area contributed by atoms with Crippen molar-refractivity contribution in [3.8, 4) is 0 Å². The number of hydrogen-bond donors (Lipinski definition) is 1. The number of benzene rings is 1. The first-order chi connectivity index (χ1) is 12.8. The SMILES string of the molecule is CC(C)S(=O)(=O)CC1CCC(CCc2ccc(N3CCC(N)C3)cc2)CC1. The molecule has 2 aliphatic rings. The number of aryl methyl sites for hydroxylation is 1. The molecule has 0 aromatic heterocycles. The van der Waals surface area contributed by atoms with E-state index in [0.717, 1.165) is 44.7 Å². The lowest BCUT2D eigenvalue weighted by Crippen LogP contribution is -2.26. The average molecular weight is 393 g/mol. The summed E-state index contributed by atoms with van der Waals surface area (Å²) in [6.45, 7) is 5.63. The van der Waals surface area contributed by atoms with Gasteiger partial charge in [-0.1, -0.05) is 25.0 Å². The molecule has 1 unspecified atom stereocenters. The van der Waals surface area contributed by atoms with Crippen LogP contribution in [0.1, 0.15) is 57.9 Å². The molecule has 0 amide bonds. The minimum atomic E-state index is -2.90. The second kappa shape index (κ2) is 8.95. The van der Waals surface area contributed by atoms with Crippen LogP contribution < -0.4 is 10.6 Å². The lowest BCUT2D eigenvalue weighted by atomic mass is 9.80. The lowest BCUT2D eigenvalue weighted by molar-refractivity contribution is 0.278. The van der Waals surface area contributed by atoms with Gasteiger partial charge in [0.2, 0.25) is 0 Å². The first-order valence-corrected chi connectivity index (χ1v) is 12.4. The van der Waals surface area contributed by atoms with Gasteiger partial charge in [-0.25, -0.2) is 8.42 Å². The van der Waals surface area contributed by atoms with Crippen LogP contribution in [0, 0.1) is 11.8 Å². The Morgan fingerprint density at radius 3 is 2.22 bits per heavy atom. The molecular weight excluding hydrogens is 356 g/mol. The molecule has 1 aliphatic carbocycles. The topological polar surface area (TPSA) is 63.4 Å². The molecule has 1 aliphatic heterocycles. The fourth-order valence-electron chi connectivity index (χ4n) is 4.47. The summed E-state index contributed by atoms with van der Waals surface area (Å²) in [7, 11) is -2.90. The minimum absolute atomic E-state index is 0.241. The fourth-order valence-corrected chi connectivity index (χ4v) is 5.85. The molecule has 0 spiro atoms. The summed E-state index contributed by atoms with van der Waals surface area (Å²) in [5.41, 5.74) is 8.71. The Kier molecular flexibility index (Phi) is 6.85. The first kappa shape index (κ1) is 20.7. The molecule has 1 atom stereocenters. The molecule has 2 N–H and O–H groups in total. The minimum Gasteiger partial charge on any atom is -0.370 e. The number of anilines is 1. The molecule has 152 valence electrons. The van der Waals surface area contributed by atoms with Crippen LogP contribution in [-0.4, -0.2) is 38.6 Å². The highest BCUT2D eigenvalue weighted by Crippen LogP contribution is 2.33. The molecule has 1 saturated carbocycles. The van der Waals surface area contributed by atoms with Crippen molar-refractivity contribution in [2.45, 2.75) is 70.1 Å². The number of nitrogens with two attached hydrogens (primary N) is 1. The smallest absolute Gasteiger partial charge is 0.152 e. The molecule has 3 rings (SSSR count). The van der Waals surface area contributed by atoms with Gasteiger partial charge in [0.15, 0.2) is 9.84 Å². The van der Waals surface area contributed by atoms with Crippen LogP contribution in [0.15, 0.2) is 24.3 Å². The standard InChI is InChI=1S/C22H36N2O2S/c1-17(2)27(25,26)16-20-7-5-18(6-8-20)3-4-19-9-11-22(12-10-19)24-14-13-21(23)15-24/h9-12,17-18,20-21H,3-8,13-16,23H2,1-2H3. The van der Waals surface area contributed by atoms with Crippen LogP contribution in [0.5, 0.6) is 0 Å². The zero-order chi connectivity index (χ0) is 19.4. The molecular formula is C22H36N2O2S. The molecule has 4 nitrogen and oxygen atoms in total. The number of rotatable bonds is 7. The van der Waals surface area contributed by atoms with Crippen LogP contribution in [0.2, 0.25) is 0 Å². The zero-order valence-corrected chi connectivity index (χ0v) is 17.8. The van der Waals surface area contributed by atoms with Gasteiger partial charge in [-0.3, -0.25) is 0 Å². The first-order valence-electron chi connectivity index (χ1n) is 10.6. The monoisotopic (exact) mass is 392 g/mol. The second-order valence-corrected chi connectivity index (χ2v) is 11.6. The van der Waals surface area contributed by atoms with E-state index >= 15 is 0 Å². The number of sulfone groups is 1. The summed E-state index contributed by atoms with van der Waals surface area (Å²) in [6.07, 6.45) is 7.94. The summed E-state index contributed by atoms with van der Waals surface area (Å²) in [6, 6.07) is 9.32. The number of nitrogens with zero attached hydrogens (tertiary/aromatic N) is 1.